The quantitative estimate of drug-likeness (QED) is 0.208. The van der Waals surface area contributed by atoms with Crippen LogP contribution in [0.1, 0.15) is 61.8 Å². The maximum Gasteiger partial charge on any atom is 0.416 e. The van der Waals surface area contributed by atoms with Crippen molar-refractivity contribution in [1.82, 2.24) is 14.7 Å². The van der Waals surface area contributed by atoms with Crippen LogP contribution in [0.25, 0.3) is 0 Å². The van der Waals surface area contributed by atoms with Gasteiger partial charge in [-0.25, -0.2) is 4.79 Å². The third kappa shape index (κ3) is 9.87. The standard InChI is InChI=1S/C34H42F6N4O5/c1-22(2)48-14-8-13-42-20-29-43(32(47)49-21-24-16-26(33(35,36)37)18-27(17-24)34(38,39)40)19-25(15-23-9-4-3-5-10-23)30(45)44(29)28(31(42)46)11-6-7-12-41/h3-5,9-10,16-18,22,25,28-29H,6-8,11-15,19-21,41H2,1-2H3/t25-,28+,29-/m1/s1. The fourth-order valence-corrected chi connectivity index (χ4v) is 6.21. The number of nitrogens with two attached hydrogens (primary N) is 1. The van der Waals surface area contributed by atoms with E-state index in [1.54, 1.807) is 23.1 Å². The minimum absolute atomic E-state index is 0.00172. The molecule has 2 saturated heterocycles. The van der Waals surface area contributed by atoms with E-state index in [0.29, 0.717) is 44.5 Å². The summed E-state index contributed by atoms with van der Waals surface area (Å²) in [4.78, 5) is 46.0. The molecule has 270 valence electrons. The third-order valence-corrected chi connectivity index (χ3v) is 8.54. The Morgan fingerprint density at radius 2 is 1.55 bits per heavy atom. The van der Waals surface area contributed by atoms with Gasteiger partial charge in [0.1, 0.15) is 18.8 Å². The van der Waals surface area contributed by atoms with Crippen molar-refractivity contribution in [1.29, 1.82) is 0 Å². The number of piperazine rings is 1. The molecular formula is C34H42F6N4O5. The molecule has 2 N–H and O–H groups in total. The first-order valence-electron chi connectivity index (χ1n) is 16.3. The van der Waals surface area contributed by atoms with Crippen LogP contribution in [0.4, 0.5) is 31.1 Å². The molecule has 4 rings (SSSR count). The van der Waals surface area contributed by atoms with Gasteiger partial charge in [0.15, 0.2) is 0 Å². The van der Waals surface area contributed by atoms with E-state index < -0.39 is 59.9 Å². The molecule has 0 spiro atoms. The van der Waals surface area contributed by atoms with E-state index in [2.05, 4.69) is 0 Å². The van der Waals surface area contributed by atoms with E-state index in [1.165, 1.54) is 9.80 Å². The first kappa shape index (κ1) is 38.0. The van der Waals surface area contributed by atoms with Crippen LogP contribution >= 0.6 is 0 Å². The number of unbranched alkanes of at least 4 members (excludes halogenated alkanes) is 1. The van der Waals surface area contributed by atoms with Gasteiger partial charge in [-0.3, -0.25) is 14.5 Å². The fraction of sp³-hybridized carbons (Fsp3) is 0.559. The minimum Gasteiger partial charge on any atom is -0.444 e. The fourth-order valence-electron chi connectivity index (χ4n) is 6.21. The zero-order chi connectivity index (χ0) is 35.9. The van der Waals surface area contributed by atoms with Crippen molar-refractivity contribution < 1.29 is 50.2 Å². The Morgan fingerprint density at radius 1 is 0.898 bits per heavy atom. The van der Waals surface area contributed by atoms with Crippen LogP contribution in [0.3, 0.4) is 0 Å². The van der Waals surface area contributed by atoms with Crippen LogP contribution < -0.4 is 5.73 Å². The summed E-state index contributed by atoms with van der Waals surface area (Å²) in [7, 11) is 0. The summed E-state index contributed by atoms with van der Waals surface area (Å²) < 4.78 is 91.8. The predicted molar refractivity (Wildman–Crippen MR) is 167 cm³/mol. The number of hydrogen-bond donors (Lipinski definition) is 1. The first-order valence-corrected chi connectivity index (χ1v) is 16.3. The molecule has 2 aromatic rings. The van der Waals surface area contributed by atoms with Gasteiger partial charge in [0.25, 0.3) is 0 Å². The highest BCUT2D eigenvalue weighted by Gasteiger charge is 2.51. The van der Waals surface area contributed by atoms with Gasteiger partial charge in [-0.05, 0) is 81.8 Å². The average molecular weight is 701 g/mol. The van der Waals surface area contributed by atoms with Crippen molar-refractivity contribution >= 4 is 17.9 Å². The molecule has 2 aliphatic heterocycles. The van der Waals surface area contributed by atoms with Crippen LogP contribution in [0.5, 0.6) is 0 Å². The van der Waals surface area contributed by atoms with Crippen LogP contribution in [0.2, 0.25) is 0 Å². The van der Waals surface area contributed by atoms with Gasteiger partial charge in [-0.1, -0.05) is 30.3 Å². The van der Waals surface area contributed by atoms with Crippen molar-refractivity contribution in [3.63, 3.8) is 0 Å². The molecule has 3 amide bonds. The Hall–Kier alpha value is -3.85. The maximum atomic E-state index is 14.1. The molecule has 0 saturated carbocycles. The van der Waals surface area contributed by atoms with Gasteiger partial charge in [-0.15, -0.1) is 0 Å². The number of amides is 3. The highest BCUT2D eigenvalue weighted by molar-refractivity contribution is 5.91. The Kier molecular flexibility index (Phi) is 12.6. The summed E-state index contributed by atoms with van der Waals surface area (Å²) in [5, 5.41) is 0. The Balaban J connectivity index is 1.65. The number of alkyl halides is 6. The second-order valence-corrected chi connectivity index (χ2v) is 12.6. The zero-order valence-corrected chi connectivity index (χ0v) is 27.4. The molecule has 0 aromatic heterocycles. The Morgan fingerprint density at radius 3 is 2.14 bits per heavy atom. The molecule has 0 bridgehead atoms. The maximum absolute atomic E-state index is 14.1. The summed E-state index contributed by atoms with van der Waals surface area (Å²) in [6.07, 6.45) is -10.1. The normalized spacial score (nSPS) is 20.2. The predicted octanol–water partition coefficient (Wildman–Crippen LogP) is 5.84. The topological polar surface area (TPSA) is 105 Å². The average Bonchev–Trinajstić information content (AvgIpc) is 3.04. The Labute approximate surface area is 281 Å². The van der Waals surface area contributed by atoms with Crippen molar-refractivity contribution in [3.05, 3.63) is 70.8 Å². The van der Waals surface area contributed by atoms with E-state index in [1.807, 2.05) is 26.0 Å². The third-order valence-electron chi connectivity index (χ3n) is 8.54. The lowest BCUT2D eigenvalue weighted by Gasteiger charge is -2.53. The summed E-state index contributed by atoms with van der Waals surface area (Å²) in [5.41, 5.74) is 2.93. The van der Waals surface area contributed by atoms with Gasteiger partial charge in [0.2, 0.25) is 11.8 Å². The van der Waals surface area contributed by atoms with Crippen LogP contribution in [0.15, 0.2) is 48.5 Å². The second-order valence-electron chi connectivity index (χ2n) is 12.6. The van der Waals surface area contributed by atoms with E-state index in [-0.39, 0.29) is 56.5 Å². The van der Waals surface area contributed by atoms with Crippen LogP contribution in [0, 0.1) is 5.92 Å². The largest absolute Gasteiger partial charge is 0.444 e. The number of rotatable bonds is 13. The summed E-state index contributed by atoms with van der Waals surface area (Å²) >= 11 is 0. The lowest BCUT2D eigenvalue weighted by molar-refractivity contribution is -0.173. The SMILES string of the molecule is CC(C)OCCCN1C[C@@H]2N(C(=O)OCc3cc(C(F)(F)F)cc(C(F)(F)F)c3)C[C@@H](Cc3ccccc3)C(=O)N2[C@@H](CCCCN)C1=O. The van der Waals surface area contributed by atoms with Gasteiger partial charge < -0.3 is 25.0 Å². The zero-order valence-electron chi connectivity index (χ0n) is 27.4. The van der Waals surface area contributed by atoms with Crippen molar-refractivity contribution in [2.24, 2.45) is 11.7 Å². The van der Waals surface area contributed by atoms with Gasteiger partial charge in [0.05, 0.1) is 29.7 Å². The molecule has 0 aliphatic carbocycles. The lowest BCUT2D eigenvalue weighted by atomic mass is 9.90. The van der Waals surface area contributed by atoms with Crippen molar-refractivity contribution in [2.75, 3.05) is 32.8 Å². The monoisotopic (exact) mass is 700 g/mol. The van der Waals surface area contributed by atoms with Crippen LogP contribution in [-0.2, 0) is 44.4 Å². The molecule has 0 unspecified atom stereocenters. The van der Waals surface area contributed by atoms with Crippen LogP contribution in [-0.4, -0.2) is 83.7 Å². The number of benzene rings is 2. The lowest BCUT2D eigenvalue weighted by Crippen LogP contribution is -2.73. The number of nitrogens with zero attached hydrogens (tertiary/aromatic N) is 3. The second kappa shape index (κ2) is 16.2. The van der Waals surface area contributed by atoms with E-state index in [4.69, 9.17) is 15.2 Å². The first-order chi connectivity index (χ1) is 23.1. The minimum atomic E-state index is -5.07. The number of carbonyl (C=O) groups excluding carboxylic acids is 3. The molecule has 2 fully saturated rings. The number of fused-ring (bicyclic) bond motifs is 1. The summed E-state index contributed by atoms with van der Waals surface area (Å²) in [5.74, 6) is -1.42. The molecule has 2 aromatic carbocycles. The van der Waals surface area contributed by atoms with E-state index >= 15 is 0 Å². The molecular weight excluding hydrogens is 658 g/mol. The van der Waals surface area contributed by atoms with Crippen molar-refractivity contribution in [2.45, 2.75) is 83.2 Å². The summed E-state index contributed by atoms with van der Waals surface area (Å²) in [6, 6.07) is 9.10. The molecule has 2 heterocycles. The number of carbonyl (C=O) groups is 3. The van der Waals surface area contributed by atoms with Gasteiger partial charge >= 0.3 is 18.4 Å². The smallest absolute Gasteiger partial charge is 0.416 e. The number of hydrogen-bond acceptors (Lipinski definition) is 6. The molecule has 0 radical (unpaired) electrons. The van der Waals surface area contributed by atoms with Gasteiger partial charge in [0, 0.05) is 19.7 Å². The van der Waals surface area contributed by atoms with Crippen molar-refractivity contribution in [3.8, 4) is 0 Å². The Bertz CT molecular complexity index is 1410. The molecule has 9 nitrogen and oxygen atoms in total. The number of halogens is 6. The molecule has 15 heteroatoms. The number of ether oxygens (including phenoxy) is 2. The highest BCUT2D eigenvalue weighted by Crippen LogP contribution is 2.37. The van der Waals surface area contributed by atoms with E-state index in [9.17, 15) is 40.7 Å². The van der Waals surface area contributed by atoms with E-state index in [0.717, 1.165) is 5.56 Å². The summed E-state index contributed by atoms with van der Waals surface area (Å²) in [6.45, 7) is 3.68. The highest BCUT2D eigenvalue weighted by atomic mass is 19.4. The molecule has 3 atom stereocenters. The molecule has 49 heavy (non-hydrogen) atoms. The van der Waals surface area contributed by atoms with Gasteiger partial charge in [-0.2, -0.15) is 26.3 Å². The molecule has 2 aliphatic rings.